The van der Waals surface area contributed by atoms with Crippen LogP contribution in [0.25, 0.3) is 0 Å². The Labute approximate surface area is 130 Å². The highest BCUT2D eigenvalue weighted by atomic mass is 16.5. The van der Waals surface area contributed by atoms with E-state index in [0.717, 1.165) is 42.9 Å². The molecule has 2 amide bonds. The summed E-state index contributed by atoms with van der Waals surface area (Å²) < 4.78 is 5.21. The molecular weight excluding hydrogens is 282 g/mol. The van der Waals surface area contributed by atoms with Crippen LogP contribution in [-0.2, 0) is 9.59 Å². The van der Waals surface area contributed by atoms with Crippen LogP contribution in [0, 0.1) is 12.8 Å². The number of nitrogens with one attached hydrogen (secondary N) is 1. The maximum absolute atomic E-state index is 12.3. The number of nitrogens with zero attached hydrogens (tertiary/aromatic N) is 1. The van der Waals surface area contributed by atoms with Crippen LogP contribution in [0.3, 0.4) is 0 Å². The molecule has 6 heteroatoms. The fourth-order valence-electron chi connectivity index (χ4n) is 2.77. The SMILES string of the molecule is COc1ccc(NC(=O)C2CCN(CC(N)=O)CC2)cc1C. The van der Waals surface area contributed by atoms with Crippen molar-refractivity contribution in [1.29, 1.82) is 0 Å². The Morgan fingerprint density at radius 2 is 2.05 bits per heavy atom. The van der Waals surface area contributed by atoms with Crippen molar-refractivity contribution in [3.05, 3.63) is 23.8 Å². The minimum atomic E-state index is -0.323. The van der Waals surface area contributed by atoms with Gasteiger partial charge >= 0.3 is 0 Å². The van der Waals surface area contributed by atoms with E-state index in [1.54, 1.807) is 7.11 Å². The van der Waals surface area contributed by atoms with Crippen LogP contribution in [0.1, 0.15) is 18.4 Å². The zero-order chi connectivity index (χ0) is 16.1. The average molecular weight is 305 g/mol. The number of nitrogens with two attached hydrogens (primary N) is 1. The van der Waals surface area contributed by atoms with Gasteiger partial charge < -0.3 is 15.8 Å². The summed E-state index contributed by atoms with van der Waals surface area (Å²) in [7, 11) is 1.63. The molecule has 0 aliphatic carbocycles. The molecule has 0 atom stereocenters. The van der Waals surface area contributed by atoms with Crippen molar-refractivity contribution in [1.82, 2.24) is 4.90 Å². The second-order valence-electron chi connectivity index (χ2n) is 5.69. The number of carbonyl (C=O) groups excluding carboxylic acids is 2. The number of amides is 2. The van der Waals surface area contributed by atoms with Crippen molar-refractivity contribution < 1.29 is 14.3 Å². The van der Waals surface area contributed by atoms with Crippen LogP contribution >= 0.6 is 0 Å². The number of rotatable bonds is 5. The van der Waals surface area contributed by atoms with Gasteiger partial charge in [-0.05, 0) is 56.6 Å². The predicted molar refractivity (Wildman–Crippen MR) is 84.7 cm³/mol. The highest BCUT2D eigenvalue weighted by Crippen LogP contribution is 2.23. The number of methoxy groups -OCH3 is 1. The summed E-state index contributed by atoms with van der Waals surface area (Å²) in [6.45, 7) is 3.66. The molecule has 1 aromatic carbocycles. The molecule has 3 N–H and O–H groups in total. The Balaban J connectivity index is 1.88. The third-order valence-corrected chi connectivity index (χ3v) is 4.00. The van der Waals surface area contributed by atoms with E-state index in [9.17, 15) is 9.59 Å². The molecule has 1 aliphatic rings. The first-order chi connectivity index (χ1) is 10.5. The van der Waals surface area contributed by atoms with E-state index in [1.165, 1.54) is 0 Å². The van der Waals surface area contributed by atoms with Crippen molar-refractivity contribution in [3.63, 3.8) is 0 Å². The zero-order valence-corrected chi connectivity index (χ0v) is 13.1. The number of carbonyl (C=O) groups is 2. The van der Waals surface area contributed by atoms with Crippen LogP contribution in [0.4, 0.5) is 5.69 Å². The lowest BCUT2D eigenvalue weighted by Crippen LogP contribution is -2.42. The first kappa shape index (κ1) is 16.3. The van der Waals surface area contributed by atoms with Gasteiger partial charge in [0.15, 0.2) is 0 Å². The maximum atomic E-state index is 12.3. The fraction of sp³-hybridized carbons (Fsp3) is 0.500. The standard InChI is InChI=1S/C16H23N3O3/c1-11-9-13(3-4-14(11)22-2)18-16(21)12-5-7-19(8-6-12)10-15(17)20/h3-4,9,12H,5-8,10H2,1-2H3,(H2,17,20)(H,18,21). The van der Waals surface area contributed by atoms with Gasteiger partial charge in [-0.1, -0.05) is 0 Å². The van der Waals surface area contributed by atoms with Gasteiger partial charge in [-0.3, -0.25) is 14.5 Å². The molecule has 0 spiro atoms. The number of hydrogen-bond donors (Lipinski definition) is 2. The quantitative estimate of drug-likeness (QED) is 0.854. The van der Waals surface area contributed by atoms with Gasteiger partial charge in [0.25, 0.3) is 0 Å². The van der Waals surface area contributed by atoms with E-state index in [-0.39, 0.29) is 24.3 Å². The number of hydrogen-bond acceptors (Lipinski definition) is 4. The van der Waals surface area contributed by atoms with E-state index in [4.69, 9.17) is 10.5 Å². The van der Waals surface area contributed by atoms with Crippen LogP contribution < -0.4 is 15.8 Å². The third-order valence-electron chi connectivity index (χ3n) is 4.00. The van der Waals surface area contributed by atoms with Gasteiger partial charge in [-0.25, -0.2) is 0 Å². The summed E-state index contributed by atoms with van der Waals surface area (Å²) in [5, 5.41) is 2.95. The van der Waals surface area contributed by atoms with Gasteiger partial charge in [-0.2, -0.15) is 0 Å². The van der Waals surface area contributed by atoms with Crippen molar-refractivity contribution in [2.75, 3.05) is 32.1 Å². The lowest BCUT2D eigenvalue weighted by Gasteiger charge is -2.30. The maximum Gasteiger partial charge on any atom is 0.231 e. The minimum absolute atomic E-state index is 0.0217. The average Bonchev–Trinajstić information content (AvgIpc) is 2.47. The fourth-order valence-corrected chi connectivity index (χ4v) is 2.77. The smallest absolute Gasteiger partial charge is 0.231 e. The summed E-state index contributed by atoms with van der Waals surface area (Å²) in [5.41, 5.74) is 6.95. The Kier molecular flexibility index (Phi) is 5.38. The molecule has 1 aromatic rings. The molecule has 0 saturated carbocycles. The number of primary amides is 1. The van der Waals surface area contributed by atoms with Crippen molar-refractivity contribution in [2.24, 2.45) is 11.7 Å². The molecule has 120 valence electrons. The van der Waals surface area contributed by atoms with E-state index >= 15 is 0 Å². The molecule has 1 fully saturated rings. The third kappa shape index (κ3) is 4.21. The molecule has 22 heavy (non-hydrogen) atoms. The van der Waals surface area contributed by atoms with Gasteiger partial charge in [-0.15, -0.1) is 0 Å². The van der Waals surface area contributed by atoms with E-state index in [1.807, 2.05) is 30.0 Å². The molecule has 2 rings (SSSR count). The van der Waals surface area contributed by atoms with Crippen molar-refractivity contribution >= 4 is 17.5 Å². The van der Waals surface area contributed by atoms with Gasteiger partial charge in [0.1, 0.15) is 5.75 Å². The first-order valence-electron chi connectivity index (χ1n) is 7.45. The Bertz CT molecular complexity index is 552. The van der Waals surface area contributed by atoms with Crippen molar-refractivity contribution in [3.8, 4) is 5.75 Å². The summed E-state index contributed by atoms with van der Waals surface area (Å²) in [5.74, 6) is 0.490. The monoisotopic (exact) mass is 305 g/mol. The molecule has 1 heterocycles. The normalized spacial score (nSPS) is 16.3. The highest BCUT2D eigenvalue weighted by molar-refractivity contribution is 5.92. The second-order valence-corrected chi connectivity index (χ2v) is 5.69. The molecule has 0 radical (unpaired) electrons. The highest BCUT2D eigenvalue weighted by Gasteiger charge is 2.25. The van der Waals surface area contributed by atoms with Gasteiger partial charge in [0, 0.05) is 11.6 Å². The molecule has 1 aliphatic heterocycles. The topological polar surface area (TPSA) is 84.7 Å². The molecule has 1 saturated heterocycles. The van der Waals surface area contributed by atoms with E-state index in [0.29, 0.717) is 0 Å². The molecule has 6 nitrogen and oxygen atoms in total. The predicted octanol–water partition coefficient (Wildman–Crippen LogP) is 1.14. The Hall–Kier alpha value is -2.08. The first-order valence-corrected chi connectivity index (χ1v) is 7.45. The van der Waals surface area contributed by atoms with Gasteiger partial charge in [0.05, 0.1) is 13.7 Å². The number of benzene rings is 1. The Morgan fingerprint density at radius 1 is 1.36 bits per heavy atom. The van der Waals surface area contributed by atoms with E-state index in [2.05, 4.69) is 5.32 Å². The summed E-state index contributed by atoms with van der Waals surface area (Å²) in [4.78, 5) is 25.2. The van der Waals surface area contributed by atoms with E-state index < -0.39 is 0 Å². The van der Waals surface area contributed by atoms with Crippen molar-refractivity contribution in [2.45, 2.75) is 19.8 Å². The molecule has 0 unspecified atom stereocenters. The summed E-state index contributed by atoms with van der Waals surface area (Å²) in [6, 6.07) is 5.59. The zero-order valence-electron chi connectivity index (χ0n) is 13.1. The van der Waals surface area contributed by atoms with Crippen LogP contribution in [0.15, 0.2) is 18.2 Å². The number of anilines is 1. The Morgan fingerprint density at radius 3 is 2.59 bits per heavy atom. The second kappa shape index (κ2) is 7.26. The van der Waals surface area contributed by atoms with Crippen LogP contribution in [0.2, 0.25) is 0 Å². The van der Waals surface area contributed by atoms with Crippen LogP contribution in [-0.4, -0.2) is 43.5 Å². The lowest BCUT2D eigenvalue weighted by atomic mass is 9.95. The summed E-state index contributed by atoms with van der Waals surface area (Å²) >= 11 is 0. The summed E-state index contributed by atoms with van der Waals surface area (Å²) in [6.07, 6.45) is 1.49. The number of ether oxygens (including phenoxy) is 1. The minimum Gasteiger partial charge on any atom is -0.496 e. The van der Waals surface area contributed by atoms with Gasteiger partial charge in [0.2, 0.25) is 11.8 Å². The largest absolute Gasteiger partial charge is 0.496 e. The molecule has 0 bridgehead atoms. The van der Waals surface area contributed by atoms with Crippen LogP contribution in [0.5, 0.6) is 5.75 Å². The number of aryl methyl sites for hydroxylation is 1. The lowest BCUT2D eigenvalue weighted by molar-refractivity contribution is -0.122. The molecular formula is C16H23N3O3. The molecule has 0 aromatic heterocycles. The number of piperidine rings is 1. The number of likely N-dealkylation sites (tertiary alicyclic amines) is 1.